The maximum Gasteiger partial charge on any atom is 0.159 e. The molecule has 0 fully saturated rings. The lowest BCUT2D eigenvalue weighted by molar-refractivity contribution is 0.101. The number of carbonyl (C=O) groups excluding carboxylic acids is 1. The molecule has 0 bridgehead atoms. The van der Waals surface area contributed by atoms with E-state index in [1.54, 1.807) is 6.92 Å². The van der Waals surface area contributed by atoms with E-state index in [0.29, 0.717) is 0 Å². The molecule has 0 saturated carbocycles. The summed E-state index contributed by atoms with van der Waals surface area (Å²) in [6.45, 7) is 4.39. The second-order valence-electron chi connectivity index (χ2n) is 5.12. The molecule has 0 spiro atoms. The van der Waals surface area contributed by atoms with Crippen molar-refractivity contribution in [2.75, 3.05) is 0 Å². The number of Topliss-reactive ketones (excluding diaryl/α,β-unsaturated/α-hetero) is 1. The highest BCUT2D eigenvalue weighted by Crippen LogP contribution is 2.16. The first-order valence-electron chi connectivity index (χ1n) is 6.65. The van der Waals surface area contributed by atoms with Gasteiger partial charge >= 0.3 is 0 Å². The molecule has 0 aliphatic heterocycles. The Balaban J connectivity index is 1.91. The molecule has 3 rings (SSSR count). The van der Waals surface area contributed by atoms with E-state index < -0.39 is 0 Å². The van der Waals surface area contributed by atoms with Gasteiger partial charge in [0.2, 0.25) is 0 Å². The van der Waals surface area contributed by atoms with Crippen LogP contribution in [0.5, 0.6) is 0 Å². The molecular formula is C17H16N2O. The lowest BCUT2D eigenvalue weighted by Gasteiger charge is -2.06. The van der Waals surface area contributed by atoms with Gasteiger partial charge in [-0.25, -0.2) is 4.98 Å². The van der Waals surface area contributed by atoms with Gasteiger partial charge < -0.3 is 4.57 Å². The van der Waals surface area contributed by atoms with Crippen LogP contribution in [0.1, 0.15) is 28.4 Å². The zero-order chi connectivity index (χ0) is 14.1. The lowest BCUT2D eigenvalue weighted by atomic mass is 10.1. The summed E-state index contributed by atoms with van der Waals surface area (Å²) in [7, 11) is 0. The summed E-state index contributed by atoms with van der Waals surface area (Å²) in [5.41, 5.74) is 4.07. The molecule has 1 aromatic carbocycles. The van der Waals surface area contributed by atoms with Crippen molar-refractivity contribution in [3.05, 3.63) is 65.5 Å². The van der Waals surface area contributed by atoms with Crippen LogP contribution in [0.3, 0.4) is 0 Å². The van der Waals surface area contributed by atoms with Crippen LogP contribution in [0, 0.1) is 6.92 Å². The minimum absolute atomic E-state index is 0.0973. The fraction of sp³-hybridized carbons (Fsp3) is 0.176. The number of aromatic nitrogens is 2. The third kappa shape index (κ3) is 2.35. The molecule has 0 aliphatic rings. The summed E-state index contributed by atoms with van der Waals surface area (Å²) in [5.74, 6) is 0.0973. The largest absolute Gasteiger partial charge is 0.328 e. The van der Waals surface area contributed by atoms with E-state index in [-0.39, 0.29) is 5.78 Å². The third-order valence-electron chi connectivity index (χ3n) is 3.45. The van der Waals surface area contributed by atoms with E-state index in [9.17, 15) is 4.79 Å². The fourth-order valence-corrected chi connectivity index (χ4v) is 2.36. The zero-order valence-corrected chi connectivity index (χ0v) is 11.6. The monoisotopic (exact) mass is 264 g/mol. The van der Waals surface area contributed by atoms with E-state index in [2.05, 4.69) is 27.9 Å². The van der Waals surface area contributed by atoms with Crippen LogP contribution in [0.2, 0.25) is 0 Å². The van der Waals surface area contributed by atoms with Crippen LogP contribution in [0.4, 0.5) is 0 Å². The van der Waals surface area contributed by atoms with E-state index >= 15 is 0 Å². The summed E-state index contributed by atoms with van der Waals surface area (Å²) in [6, 6.07) is 12.0. The molecule has 20 heavy (non-hydrogen) atoms. The molecule has 0 radical (unpaired) electrons. The first kappa shape index (κ1) is 12.6. The molecule has 3 heteroatoms. The SMILES string of the molecule is CC(=O)c1ccc(Cn2ccc3cc(C)cnc32)cc1. The number of pyridine rings is 1. The number of nitrogens with zero attached hydrogens (tertiary/aromatic N) is 2. The fourth-order valence-electron chi connectivity index (χ4n) is 2.36. The number of rotatable bonds is 3. The molecule has 0 saturated heterocycles. The topological polar surface area (TPSA) is 34.9 Å². The van der Waals surface area contributed by atoms with Gasteiger partial charge in [0.15, 0.2) is 5.78 Å². The van der Waals surface area contributed by atoms with Crippen molar-refractivity contribution in [1.82, 2.24) is 9.55 Å². The Labute approximate surface area is 117 Å². The van der Waals surface area contributed by atoms with E-state index in [1.165, 1.54) is 5.56 Å². The summed E-state index contributed by atoms with van der Waals surface area (Å²) in [5, 5.41) is 1.16. The normalized spacial score (nSPS) is 10.9. The quantitative estimate of drug-likeness (QED) is 0.677. The Morgan fingerprint density at radius 2 is 1.95 bits per heavy atom. The van der Waals surface area contributed by atoms with Gasteiger partial charge in [0, 0.05) is 29.9 Å². The molecule has 100 valence electrons. The number of ketones is 1. The molecule has 0 aliphatic carbocycles. The van der Waals surface area contributed by atoms with Gasteiger partial charge in [-0.1, -0.05) is 24.3 Å². The Morgan fingerprint density at radius 3 is 2.65 bits per heavy atom. The number of hydrogen-bond acceptors (Lipinski definition) is 2. The summed E-state index contributed by atoms with van der Waals surface area (Å²) in [4.78, 5) is 15.8. The van der Waals surface area contributed by atoms with Gasteiger partial charge in [-0.3, -0.25) is 4.79 Å². The minimum Gasteiger partial charge on any atom is -0.328 e. The van der Waals surface area contributed by atoms with Crippen molar-refractivity contribution in [2.24, 2.45) is 0 Å². The maximum atomic E-state index is 11.3. The molecular weight excluding hydrogens is 248 g/mol. The van der Waals surface area contributed by atoms with Crippen LogP contribution in [-0.4, -0.2) is 15.3 Å². The molecule has 3 aromatic rings. The van der Waals surface area contributed by atoms with Crippen LogP contribution in [-0.2, 0) is 6.54 Å². The van der Waals surface area contributed by atoms with Gasteiger partial charge in [0.05, 0.1) is 0 Å². The zero-order valence-electron chi connectivity index (χ0n) is 11.6. The molecule has 0 atom stereocenters. The lowest BCUT2D eigenvalue weighted by Crippen LogP contribution is -2.00. The van der Waals surface area contributed by atoms with Crippen LogP contribution in [0.25, 0.3) is 11.0 Å². The first-order valence-corrected chi connectivity index (χ1v) is 6.65. The summed E-state index contributed by atoms with van der Waals surface area (Å²) in [6.07, 6.45) is 3.94. The van der Waals surface area contributed by atoms with Gasteiger partial charge in [-0.2, -0.15) is 0 Å². The molecule has 2 heterocycles. The standard InChI is InChI=1S/C17H16N2O/c1-12-9-16-7-8-19(17(16)18-10-12)11-14-3-5-15(6-4-14)13(2)20/h3-10H,11H2,1-2H3. The third-order valence-corrected chi connectivity index (χ3v) is 3.45. The Morgan fingerprint density at radius 1 is 1.20 bits per heavy atom. The Hall–Kier alpha value is -2.42. The van der Waals surface area contributed by atoms with E-state index in [0.717, 1.165) is 28.7 Å². The predicted octanol–water partition coefficient (Wildman–Crippen LogP) is 3.60. The highest BCUT2D eigenvalue weighted by molar-refractivity contribution is 5.94. The number of aryl methyl sites for hydroxylation is 1. The predicted molar refractivity (Wildman–Crippen MR) is 80.0 cm³/mol. The highest BCUT2D eigenvalue weighted by atomic mass is 16.1. The number of benzene rings is 1. The van der Waals surface area contributed by atoms with Crippen LogP contribution >= 0.6 is 0 Å². The van der Waals surface area contributed by atoms with Crippen molar-refractivity contribution in [3.63, 3.8) is 0 Å². The van der Waals surface area contributed by atoms with Gasteiger partial charge in [0.1, 0.15) is 5.65 Å². The molecule has 0 amide bonds. The smallest absolute Gasteiger partial charge is 0.159 e. The van der Waals surface area contributed by atoms with E-state index in [1.807, 2.05) is 37.4 Å². The Kier molecular flexibility index (Phi) is 3.11. The Bertz CT molecular complexity index is 769. The number of hydrogen-bond donors (Lipinski definition) is 0. The molecule has 3 nitrogen and oxygen atoms in total. The van der Waals surface area contributed by atoms with Crippen LogP contribution < -0.4 is 0 Å². The van der Waals surface area contributed by atoms with Crippen molar-refractivity contribution < 1.29 is 4.79 Å². The number of carbonyl (C=O) groups is 1. The molecule has 2 aromatic heterocycles. The summed E-state index contributed by atoms with van der Waals surface area (Å²) >= 11 is 0. The van der Waals surface area contributed by atoms with Gasteiger partial charge in [-0.15, -0.1) is 0 Å². The summed E-state index contributed by atoms with van der Waals surface area (Å²) < 4.78 is 2.12. The average molecular weight is 264 g/mol. The average Bonchev–Trinajstić information content (AvgIpc) is 2.81. The van der Waals surface area contributed by atoms with Crippen molar-refractivity contribution in [1.29, 1.82) is 0 Å². The molecule has 0 N–H and O–H groups in total. The maximum absolute atomic E-state index is 11.3. The second-order valence-corrected chi connectivity index (χ2v) is 5.12. The van der Waals surface area contributed by atoms with Crippen LogP contribution in [0.15, 0.2) is 48.8 Å². The highest BCUT2D eigenvalue weighted by Gasteiger charge is 2.04. The second kappa shape index (κ2) is 4.93. The van der Waals surface area contributed by atoms with Crippen molar-refractivity contribution in [2.45, 2.75) is 20.4 Å². The van der Waals surface area contributed by atoms with Crippen molar-refractivity contribution >= 4 is 16.8 Å². The minimum atomic E-state index is 0.0973. The van der Waals surface area contributed by atoms with Gasteiger partial charge in [0.25, 0.3) is 0 Å². The van der Waals surface area contributed by atoms with Crippen molar-refractivity contribution in [3.8, 4) is 0 Å². The number of fused-ring (bicyclic) bond motifs is 1. The van der Waals surface area contributed by atoms with E-state index in [4.69, 9.17) is 0 Å². The van der Waals surface area contributed by atoms with Gasteiger partial charge in [-0.05, 0) is 37.1 Å². The molecule has 0 unspecified atom stereocenters. The first-order chi connectivity index (χ1) is 9.63.